The first-order valence-corrected chi connectivity index (χ1v) is 9.08. The number of carbonyl (C=O) groups excluding carboxylic acids is 1. The number of thioether (sulfide) groups is 1. The van der Waals surface area contributed by atoms with E-state index >= 15 is 0 Å². The summed E-state index contributed by atoms with van der Waals surface area (Å²) in [4.78, 5) is 11.8. The van der Waals surface area contributed by atoms with E-state index in [4.69, 9.17) is 11.6 Å². The van der Waals surface area contributed by atoms with Crippen LogP contribution in [-0.4, -0.2) is 17.4 Å². The van der Waals surface area contributed by atoms with E-state index in [0.717, 1.165) is 17.1 Å². The van der Waals surface area contributed by atoms with Crippen molar-refractivity contribution in [1.82, 2.24) is 5.32 Å². The molecule has 2 aromatic rings. The fourth-order valence-corrected chi connectivity index (χ4v) is 2.92. The van der Waals surface area contributed by atoms with E-state index in [1.165, 1.54) is 5.56 Å². The Balaban J connectivity index is 1.58. The molecule has 2 nitrogen and oxygen atoms in total. The van der Waals surface area contributed by atoms with Crippen molar-refractivity contribution in [2.45, 2.75) is 13.0 Å². The highest BCUT2D eigenvalue weighted by molar-refractivity contribution is 7.99. The van der Waals surface area contributed by atoms with Gasteiger partial charge in [-0.05, 0) is 17.2 Å². The maximum absolute atomic E-state index is 11.8. The Bertz CT molecular complexity index is 643. The first-order valence-electron chi connectivity index (χ1n) is 7.55. The molecule has 0 saturated carbocycles. The normalized spacial score (nSPS) is 10.8. The maximum atomic E-state index is 11.8. The lowest BCUT2D eigenvalue weighted by molar-refractivity contribution is -0.120. The van der Waals surface area contributed by atoms with Crippen molar-refractivity contribution in [2.75, 3.05) is 11.5 Å². The third-order valence-electron chi connectivity index (χ3n) is 3.23. The molecule has 0 bridgehead atoms. The highest BCUT2D eigenvalue weighted by Crippen LogP contribution is 2.14. The van der Waals surface area contributed by atoms with Crippen LogP contribution in [0.5, 0.6) is 0 Å². The van der Waals surface area contributed by atoms with E-state index in [1.807, 2.05) is 42.5 Å². The quantitative estimate of drug-likeness (QED) is 0.697. The monoisotopic (exact) mass is 345 g/mol. The van der Waals surface area contributed by atoms with Crippen molar-refractivity contribution in [3.05, 3.63) is 76.8 Å². The van der Waals surface area contributed by atoms with E-state index in [1.54, 1.807) is 11.8 Å². The number of benzene rings is 2. The van der Waals surface area contributed by atoms with Gasteiger partial charge in [-0.3, -0.25) is 4.79 Å². The molecule has 0 saturated heterocycles. The summed E-state index contributed by atoms with van der Waals surface area (Å²) in [6.45, 7) is 0.483. The van der Waals surface area contributed by atoms with Gasteiger partial charge in [0.05, 0.1) is 0 Å². The lowest BCUT2D eigenvalue weighted by Gasteiger charge is -2.06. The van der Waals surface area contributed by atoms with Gasteiger partial charge >= 0.3 is 0 Å². The van der Waals surface area contributed by atoms with Gasteiger partial charge in [-0.2, -0.15) is 11.8 Å². The van der Waals surface area contributed by atoms with Gasteiger partial charge in [-0.25, -0.2) is 0 Å². The number of hydrogen-bond donors (Lipinski definition) is 1. The van der Waals surface area contributed by atoms with Crippen molar-refractivity contribution >= 4 is 35.3 Å². The zero-order chi connectivity index (χ0) is 16.3. The van der Waals surface area contributed by atoms with Gasteiger partial charge < -0.3 is 5.32 Å². The third-order valence-corrected chi connectivity index (χ3v) is 4.52. The Kier molecular flexibility index (Phi) is 7.78. The molecule has 0 aromatic heterocycles. The zero-order valence-electron chi connectivity index (χ0n) is 12.9. The van der Waals surface area contributed by atoms with Crippen LogP contribution in [0.25, 0.3) is 6.08 Å². The predicted molar refractivity (Wildman–Crippen MR) is 101 cm³/mol. The Morgan fingerprint density at radius 1 is 1.09 bits per heavy atom. The van der Waals surface area contributed by atoms with Crippen LogP contribution in [0.3, 0.4) is 0 Å². The van der Waals surface area contributed by atoms with Crippen LogP contribution in [0.4, 0.5) is 0 Å². The average Bonchev–Trinajstić information content (AvgIpc) is 2.58. The van der Waals surface area contributed by atoms with E-state index in [2.05, 4.69) is 29.6 Å². The number of halogens is 1. The minimum absolute atomic E-state index is 0.0597. The Hall–Kier alpha value is -1.71. The summed E-state index contributed by atoms with van der Waals surface area (Å²) in [6, 6.07) is 17.8. The fraction of sp³-hybridized carbons (Fsp3) is 0.211. The number of hydrogen-bond acceptors (Lipinski definition) is 2. The van der Waals surface area contributed by atoms with Crippen molar-refractivity contribution in [1.29, 1.82) is 0 Å². The van der Waals surface area contributed by atoms with Crippen LogP contribution in [-0.2, 0) is 11.3 Å². The molecular weight excluding hydrogens is 326 g/mol. The molecule has 0 aliphatic carbocycles. The lowest BCUT2D eigenvalue weighted by Crippen LogP contribution is -2.23. The summed E-state index contributed by atoms with van der Waals surface area (Å²) >= 11 is 7.81. The highest BCUT2D eigenvalue weighted by Gasteiger charge is 2.03. The average molecular weight is 346 g/mol. The first-order chi connectivity index (χ1) is 11.3. The molecule has 0 heterocycles. The van der Waals surface area contributed by atoms with Crippen molar-refractivity contribution in [3.8, 4) is 0 Å². The largest absolute Gasteiger partial charge is 0.352 e. The molecule has 120 valence electrons. The van der Waals surface area contributed by atoms with E-state index in [0.29, 0.717) is 18.0 Å². The second-order valence-electron chi connectivity index (χ2n) is 5.01. The number of rotatable bonds is 8. The van der Waals surface area contributed by atoms with Gasteiger partial charge in [0.25, 0.3) is 0 Å². The lowest BCUT2D eigenvalue weighted by atomic mass is 10.2. The van der Waals surface area contributed by atoms with Gasteiger partial charge in [-0.1, -0.05) is 72.3 Å². The van der Waals surface area contributed by atoms with Crippen molar-refractivity contribution < 1.29 is 4.79 Å². The van der Waals surface area contributed by atoms with Crippen molar-refractivity contribution in [3.63, 3.8) is 0 Å². The molecule has 0 fully saturated rings. The fourth-order valence-electron chi connectivity index (χ4n) is 1.99. The Morgan fingerprint density at radius 2 is 1.83 bits per heavy atom. The summed E-state index contributed by atoms with van der Waals surface area (Å²) in [7, 11) is 0. The van der Waals surface area contributed by atoms with Crippen LogP contribution in [0.2, 0.25) is 5.02 Å². The molecule has 1 amide bonds. The second-order valence-corrected chi connectivity index (χ2v) is 6.56. The summed E-state index contributed by atoms with van der Waals surface area (Å²) in [5, 5.41) is 3.59. The van der Waals surface area contributed by atoms with Crippen molar-refractivity contribution in [2.24, 2.45) is 0 Å². The van der Waals surface area contributed by atoms with E-state index in [9.17, 15) is 4.79 Å². The molecule has 0 radical (unpaired) electrons. The molecule has 2 aromatic carbocycles. The minimum Gasteiger partial charge on any atom is -0.352 e. The molecule has 23 heavy (non-hydrogen) atoms. The predicted octanol–water partition coefficient (Wildman–Crippen LogP) is 4.79. The first kappa shape index (κ1) is 17.6. The summed E-state index contributed by atoms with van der Waals surface area (Å²) in [5.74, 6) is 1.78. The Labute approximate surface area is 146 Å². The van der Waals surface area contributed by atoms with E-state index in [-0.39, 0.29) is 5.91 Å². The van der Waals surface area contributed by atoms with Gasteiger partial charge in [-0.15, -0.1) is 0 Å². The molecule has 0 aliphatic heterocycles. The molecule has 0 spiro atoms. The molecule has 0 aliphatic rings. The zero-order valence-corrected chi connectivity index (χ0v) is 14.4. The van der Waals surface area contributed by atoms with Gasteiger partial charge in [0, 0.05) is 29.5 Å². The van der Waals surface area contributed by atoms with Crippen LogP contribution < -0.4 is 5.32 Å². The summed E-state index contributed by atoms with van der Waals surface area (Å²) in [5.41, 5.74) is 2.14. The molecule has 0 unspecified atom stereocenters. The van der Waals surface area contributed by atoms with Crippen LogP contribution in [0.15, 0.2) is 60.7 Å². The summed E-state index contributed by atoms with van der Waals surface area (Å²) in [6.07, 6.45) is 4.75. The Morgan fingerprint density at radius 3 is 2.61 bits per heavy atom. The second kappa shape index (κ2) is 10.1. The van der Waals surface area contributed by atoms with Crippen LogP contribution in [0.1, 0.15) is 17.5 Å². The standard InChI is InChI=1S/C19H20ClNOS/c20-18-11-5-4-10-17(18)15-21-19(22)12-14-23-13-6-9-16-7-2-1-3-8-16/h1-11H,12-15H2,(H,21,22). The van der Waals surface area contributed by atoms with E-state index < -0.39 is 0 Å². The number of amides is 1. The minimum atomic E-state index is 0.0597. The third kappa shape index (κ3) is 6.93. The van der Waals surface area contributed by atoms with Crippen LogP contribution >= 0.6 is 23.4 Å². The topological polar surface area (TPSA) is 29.1 Å². The number of carbonyl (C=O) groups is 1. The molecular formula is C19H20ClNOS. The molecule has 1 N–H and O–H groups in total. The number of nitrogens with one attached hydrogen (secondary N) is 1. The summed E-state index contributed by atoms with van der Waals surface area (Å²) < 4.78 is 0. The maximum Gasteiger partial charge on any atom is 0.221 e. The highest BCUT2D eigenvalue weighted by atomic mass is 35.5. The smallest absolute Gasteiger partial charge is 0.221 e. The molecule has 0 atom stereocenters. The SMILES string of the molecule is O=C(CCSCC=Cc1ccccc1)NCc1ccccc1Cl. The van der Waals surface area contributed by atoms with Gasteiger partial charge in [0.1, 0.15) is 0 Å². The van der Waals surface area contributed by atoms with Gasteiger partial charge in [0.2, 0.25) is 5.91 Å². The molecule has 4 heteroatoms. The molecule has 2 rings (SSSR count). The van der Waals surface area contributed by atoms with Gasteiger partial charge in [0.15, 0.2) is 0 Å². The van der Waals surface area contributed by atoms with Crippen LogP contribution in [0, 0.1) is 0 Å².